The first-order valence-electron chi connectivity index (χ1n) is 10.1. The number of nitrogen functional groups attached to an aromatic ring is 1. The monoisotopic (exact) mass is 550 g/mol. The summed E-state index contributed by atoms with van der Waals surface area (Å²) in [6.45, 7) is 3.13. The molecule has 2 atom stereocenters. The minimum atomic E-state index is -5.37. The molecule has 0 aliphatic rings. The van der Waals surface area contributed by atoms with Gasteiger partial charge in [-0.2, -0.15) is 31.6 Å². The van der Waals surface area contributed by atoms with Crippen molar-refractivity contribution in [2.75, 3.05) is 5.73 Å². The van der Waals surface area contributed by atoms with Gasteiger partial charge in [-0.25, -0.2) is 14.8 Å². The predicted molar refractivity (Wildman–Crippen MR) is 117 cm³/mol. The lowest BCUT2D eigenvalue weighted by Crippen LogP contribution is -2.52. The fraction of sp³-hybridized carbons (Fsp3) is 0.333. The summed E-state index contributed by atoms with van der Waals surface area (Å²) >= 11 is 0. The molecule has 2 rings (SSSR count). The number of benzene rings is 1. The van der Waals surface area contributed by atoms with Crippen LogP contribution in [0.25, 0.3) is 11.3 Å². The molecule has 1 aromatic carbocycles. The van der Waals surface area contributed by atoms with Crippen molar-refractivity contribution in [1.82, 2.24) is 15.3 Å². The number of aryl methyl sites for hydroxylation is 1. The van der Waals surface area contributed by atoms with Crippen molar-refractivity contribution in [3.63, 3.8) is 0 Å². The smallest absolute Gasteiger partial charge is 0.475 e. The maximum atomic E-state index is 13.4. The summed E-state index contributed by atoms with van der Waals surface area (Å²) in [6, 6.07) is 4.43. The molecule has 11 nitrogen and oxygen atoms in total. The lowest BCUT2D eigenvalue weighted by molar-refractivity contribution is -0.255. The van der Waals surface area contributed by atoms with E-state index < -0.39 is 47.3 Å². The lowest BCUT2D eigenvalue weighted by atomic mass is 9.89. The number of nitrogens with two attached hydrogens (primary N) is 2. The summed E-state index contributed by atoms with van der Waals surface area (Å²) in [4.78, 5) is 40.7. The second-order valence-corrected chi connectivity index (χ2v) is 7.63. The Hall–Kier alpha value is -4.46. The number of aliphatic hydroxyl groups is 1. The third-order valence-electron chi connectivity index (χ3n) is 4.73. The Morgan fingerprint density at radius 1 is 1.18 bits per heavy atom. The highest BCUT2D eigenvalue weighted by Gasteiger charge is 2.60. The van der Waals surface area contributed by atoms with Gasteiger partial charge in [-0.1, -0.05) is 12.1 Å². The van der Waals surface area contributed by atoms with Gasteiger partial charge in [0.05, 0.1) is 24.4 Å². The standard InChI is InChI=1S/C19H19F3N6O3.C2HF3O2/c1-9-3-4-11(18(31,17(25)30)19(20,21)22)7-12(9)13-8-26-15(24)14(28-13)16(29)27-10(2)5-6-23;3-2(4,5)1(6)7/h3-4,7-8,10,31H,5H2,1-2H3,(H2,24,26)(H2,25,30)(H,27,29);(H,6,7)/t10-,18?;/m0./s1. The van der Waals surface area contributed by atoms with Crippen LogP contribution < -0.4 is 16.8 Å². The van der Waals surface area contributed by atoms with Gasteiger partial charge >= 0.3 is 18.3 Å². The molecular formula is C21H20F6N6O5. The molecule has 0 aliphatic heterocycles. The van der Waals surface area contributed by atoms with E-state index in [1.165, 1.54) is 6.07 Å². The van der Waals surface area contributed by atoms with Crippen LogP contribution in [0.5, 0.6) is 0 Å². The van der Waals surface area contributed by atoms with Crippen LogP contribution in [0.4, 0.5) is 32.2 Å². The van der Waals surface area contributed by atoms with E-state index in [1.54, 1.807) is 13.8 Å². The van der Waals surface area contributed by atoms with Gasteiger partial charge < -0.3 is 27.0 Å². The first kappa shape index (κ1) is 31.6. The molecule has 0 bridgehead atoms. The van der Waals surface area contributed by atoms with E-state index in [0.717, 1.165) is 18.3 Å². The van der Waals surface area contributed by atoms with Gasteiger partial charge in [-0.05, 0) is 25.5 Å². The van der Waals surface area contributed by atoms with Crippen LogP contribution in [-0.2, 0) is 15.2 Å². The molecule has 2 aromatic rings. The first-order chi connectivity index (χ1) is 17.3. The van der Waals surface area contributed by atoms with Crippen molar-refractivity contribution in [3.05, 3.63) is 41.2 Å². The van der Waals surface area contributed by atoms with Gasteiger partial charge in [0, 0.05) is 17.2 Å². The number of carbonyl (C=O) groups excluding carboxylic acids is 2. The summed E-state index contributed by atoms with van der Waals surface area (Å²) in [6.07, 6.45) is -9.29. The Labute approximate surface area is 210 Å². The molecule has 0 saturated heterocycles. The largest absolute Gasteiger partial charge is 0.490 e. The van der Waals surface area contributed by atoms with Gasteiger partial charge in [0.1, 0.15) is 0 Å². The zero-order chi connectivity index (χ0) is 29.6. The van der Waals surface area contributed by atoms with E-state index in [-0.39, 0.29) is 29.2 Å². The molecule has 206 valence electrons. The Morgan fingerprint density at radius 3 is 2.18 bits per heavy atom. The molecule has 7 N–H and O–H groups in total. The number of carbonyl (C=O) groups is 3. The highest BCUT2D eigenvalue weighted by molar-refractivity contribution is 5.97. The average Bonchev–Trinajstić information content (AvgIpc) is 2.78. The summed E-state index contributed by atoms with van der Waals surface area (Å²) in [5.74, 6) is -5.72. The normalized spacial score (nSPS) is 13.7. The van der Waals surface area contributed by atoms with Crippen molar-refractivity contribution >= 4 is 23.6 Å². The minimum Gasteiger partial charge on any atom is -0.475 e. The number of anilines is 1. The van der Waals surface area contributed by atoms with Crippen LogP contribution >= 0.6 is 0 Å². The zero-order valence-corrected chi connectivity index (χ0v) is 19.5. The third-order valence-corrected chi connectivity index (χ3v) is 4.73. The number of nitrogens with one attached hydrogen (secondary N) is 1. The van der Waals surface area contributed by atoms with Crippen LogP contribution in [0, 0.1) is 18.3 Å². The number of halogens is 6. The van der Waals surface area contributed by atoms with Gasteiger partial charge in [0.25, 0.3) is 17.4 Å². The highest BCUT2D eigenvalue weighted by Crippen LogP contribution is 2.40. The number of nitrogens with zero attached hydrogens (tertiary/aromatic N) is 3. The van der Waals surface area contributed by atoms with Gasteiger partial charge in [-0.15, -0.1) is 0 Å². The number of hydrogen-bond acceptors (Lipinski definition) is 8. The van der Waals surface area contributed by atoms with Crippen molar-refractivity contribution in [2.45, 2.75) is 44.3 Å². The minimum absolute atomic E-state index is 0.0272. The molecular weight excluding hydrogens is 530 g/mol. The van der Waals surface area contributed by atoms with Gasteiger partial charge in [0.2, 0.25) is 0 Å². The number of aromatic nitrogens is 2. The van der Waals surface area contributed by atoms with E-state index in [0.29, 0.717) is 5.56 Å². The number of aliphatic carboxylic acids is 1. The number of carboxylic acid groups (broad SMARTS) is 1. The predicted octanol–water partition coefficient (Wildman–Crippen LogP) is 1.93. The lowest BCUT2D eigenvalue weighted by Gasteiger charge is -2.28. The SMILES string of the molecule is Cc1ccc(C(O)(C(N)=O)C(F)(F)F)cc1-c1cnc(N)c(C(=O)N[C@@H](C)CC#N)n1.O=C(O)C(F)(F)F. The van der Waals surface area contributed by atoms with E-state index >= 15 is 0 Å². The number of hydrogen-bond donors (Lipinski definition) is 5. The first-order valence-corrected chi connectivity index (χ1v) is 10.1. The Kier molecular flexibility index (Phi) is 9.74. The Balaban J connectivity index is 0.000000905. The van der Waals surface area contributed by atoms with Crippen molar-refractivity contribution < 1.29 is 50.9 Å². The molecule has 17 heteroatoms. The van der Waals surface area contributed by atoms with Crippen LogP contribution in [0.15, 0.2) is 24.4 Å². The van der Waals surface area contributed by atoms with Crippen LogP contribution in [-0.4, -0.2) is 56.4 Å². The fourth-order valence-corrected chi connectivity index (χ4v) is 2.74. The molecule has 2 amide bonds. The van der Waals surface area contributed by atoms with Crippen molar-refractivity contribution in [1.29, 1.82) is 5.26 Å². The molecule has 0 saturated carbocycles. The van der Waals surface area contributed by atoms with Crippen LogP contribution in [0.2, 0.25) is 0 Å². The average molecular weight is 550 g/mol. The third kappa shape index (κ3) is 7.29. The van der Waals surface area contributed by atoms with Crippen LogP contribution in [0.3, 0.4) is 0 Å². The maximum absolute atomic E-state index is 13.4. The number of nitriles is 1. The molecule has 1 unspecified atom stereocenters. The molecule has 1 aromatic heterocycles. The highest BCUT2D eigenvalue weighted by atomic mass is 19.4. The van der Waals surface area contributed by atoms with E-state index in [9.17, 15) is 41.0 Å². The molecule has 0 aliphatic carbocycles. The second-order valence-electron chi connectivity index (χ2n) is 7.63. The van der Waals surface area contributed by atoms with E-state index in [4.69, 9.17) is 26.6 Å². The van der Waals surface area contributed by atoms with Crippen LogP contribution in [0.1, 0.15) is 35.0 Å². The second kappa shape index (κ2) is 11.7. The zero-order valence-electron chi connectivity index (χ0n) is 19.5. The number of rotatable bonds is 6. The van der Waals surface area contributed by atoms with E-state index in [1.807, 2.05) is 6.07 Å². The number of alkyl halides is 6. The topological polar surface area (TPSA) is 205 Å². The maximum Gasteiger partial charge on any atom is 0.490 e. The number of primary amides is 1. The Bertz CT molecular complexity index is 1260. The Morgan fingerprint density at radius 2 is 1.74 bits per heavy atom. The summed E-state index contributed by atoms with van der Waals surface area (Å²) in [5.41, 5.74) is 5.95. The summed E-state index contributed by atoms with van der Waals surface area (Å²) < 4.78 is 72.0. The molecule has 0 spiro atoms. The molecule has 0 fully saturated rings. The number of carboxylic acids is 1. The molecule has 0 radical (unpaired) electrons. The summed E-state index contributed by atoms with van der Waals surface area (Å²) in [7, 11) is 0. The van der Waals surface area contributed by atoms with Crippen molar-refractivity contribution in [3.8, 4) is 17.3 Å². The number of amides is 2. The van der Waals surface area contributed by atoms with Gasteiger partial charge in [0.15, 0.2) is 11.5 Å². The van der Waals surface area contributed by atoms with E-state index in [2.05, 4.69) is 15.3 Å². The quantitative estimate of drug-likeness (QED) is 0.333. The van der Waals surface area contributed by atoms with Crippen molar-refractivity contribution in [2.24, 2.45) is 5.73 Å². The fourth-order valence-electron chi connectivity index (χ4n) is 2.74. The molecule has 38 heavy (non-hydrogen) atoms. The molecule has 1 heterocycles. The van der Waals surface area contributed by atoms with Gasteiger partial charge in [-0.3, -0.25) is 9.59 Å². The summed E-state index contributed by atoms with van der Waals surface area (Å²) in [5, 5.41) is 28.4.